The monoisotopic (exact) mass is 440 g/mol. The van der Waals surface area contributed by atoms with Crippen molar-refractivity contribution in [2.45, 2.75) is 26.5 Å². The molecule has 2 aromatic heterocycles. The van der Waals surface area contributed by atoms with Crippen molar-refractivity contribution >= 4 is 27.5 Å². The van der Waals surface area contributed by atoms with E-state index in [-0.39, 0.29) is 5.91 Å². The topological polar surface area (TPSA) is 67.8 Å². The van der Waals surface area contributed by atoms with Crippen molar-refractivity contribution in [3.63, 3.8) is 0 Å². The summed E-state index contributed by atoms with van der Waals surface area (Å²) in [5.41, 5.74) is 2.19. The number of rotatable bonds is 6. The van der Waals surface area contributed by atoms with E-state index >= 15 is 0 Å². The van der Waals surface area contributed by atoms with Gasteiger partial charge in [-0.3, -0.25) is 9.69 Å². The van der Waals surface area contributed by atoms with Gasteiger partial charge in [0, 0.05) is 39.8 Å². The lowest BCUT2D eigenvalue weighted by atomic mass is 10.2. The Balaban J connectivity index is 1.53. The van der Waals surface area contributed by atoms with Gasteiger partial charge in [0.2, 0.25) is 5.88 Å². The van der Waals surface area contributed by atoms with Crippen LogP contribution in [0, 0.1) is 6.92 Å². The predicted molar refractivity (Wildman–Crippen MR) is 122 cm³/mol. The van der Waals surface area contributed by atoms with Gasteiger partial charge in [0.1, 0.15) is 11.4 Å². The van der Waals surface area contributed by atoms with Gasteiger partial charge in [0.15, 0.2) is 5.82 Å². The van der Waals surface area contributed by atoms with Crippen LogP contribution in [-0.2, 0) is 17.9 Å². The van der Waals surface area contributed by atoms with Gasteiger partial charge in [-0.05, 0) is 24.5 Å². The molecular formula is C23H28N4O3S. The summed E-state index contributed by atoms with van der Waals surface area (Å²) in [6.07, 6.45) is 0.962. The smallest absolute Gasteiger partial charge is 0.264 e. The first-order valence-electron chi connectivity index (χ1n) is 10.5. The lowest BCUT2D eigenvalue weighted by molar-refractivity contribution is 0.0765. The molecule has 4 rings (SSSR count). The fourth-order valence-electron chi connectivity index (χ4n) is 4.01. The summed E-state index contributed by atoms with van der Waals surface area (Å²) >= 11 is 1.41. The van der Waals surface area contributed by atoms with E-state index in [9.17, 15) is 4.79 Å². The van der Waals surface area contributed by atoms with Gasteiger partial charge >= 0.3 is 0 Å². The van der Waals surface area contributed by atoms with Gasteiger partial charge in [-0.25, -0.2) is 4.98 Å². The largest absolute Gasteiger partial charge is 0.480 e. The first-order valence-corrected chi connectivity index (χ1v) is 11.3. The van der Waals surface area contributed by atoms with E-state index in [0.29, 0.717) is 23.2 Å². The first kappa shape index (κ1) is 21.7. The number of aryl methyl sites for hydroxylation is 1. The number of aromatic nitrogens is 2. The molecule has 1 amide bonds. The Hall–Kier alpha value is -2.55. The molecule has 3 heterocycles. The van der Waals surface area contributed by atoms with Crippen molar-refractivity contribution in [2.75, 3.05) is 40.4 Å². The quantitative estimate of drug-likeness (QED) is 0.584. The molecule has 3 aromatic rings. The fourth-order valence-corrected chi connectivity index (χ4v) is 5.17. The fraction of sp³-hybridized carbons (Fsp3) is 0.435. The normalized spacial score (nSPS) is 15.3. The summed E-state index contributed by atoms with van der Waals surface area (Å²) in [5.74, 6) is 1.12. The third-order valence-corrected chi connectivity index (χ3v) is 6.76. The summed E-state index contributed by atoms with van der Waals surface area (Å²) in [7, 11) is 3.20. The molecule has 1 aliphatic rings. The van der Waals surface area contributed by atoms with Gasteiger partial charge < -0.3 is 14.4 Å². The molecule has 1 aromatic carbocycles. The SMILES string of the molecule is COCc1nc(OC)c2c(C)c(C(=O)N3CCCN(Cc4ccccc4)CC3)sc2n1. The van der Waals surface area contributed by atoms with E-state index in [1.807, 2.05) is 17.9 Å². The number of carbonyl (C=O) groups is 1. The van der Waals surface area contributed by atoms with Gasteiger partial charge in [-0.2, -0.15) is 4.98 Å². The number of methoxy groups -OCH3 is 2. The minimum absolute atomic E-state index is 0.0670. The van der Waals surface area contributed by atoms with E-state index < -0.39 is 0 Å². The minimum atomic E-state index is 0.0670. The molecule has 0 aliphatic carbocycles. The summed E-state index contributed by atoms with van der Waals surface area (Å²) in [5, 5.41) is 0.816. The summed E-state index contributed by atoms with van der Waals surface area (Å²) < 4.78 is 10.7. The number of carbonyl (C=O) groups excluding carboxylic acids is 1. The van der Waals surface area contributed by atoms with Crippen LogP contribution >= 0.6 is 11.3 Å². The number of fused-ring (bicyclic) bond motifs is 1. The summed E-state index contributed by atoms with van der Waals surface area (Å²) in [6.45, 7) is 6.51. The number of thiophene rings is 1. The van der Waals surface area contributed by atoms with Crippen molar-refractivity contribution in [3.05, 3.63) is 52.2 Å². The molecule has 31 heavy (non-hydrogen) atoms. The number of benzene rings is 1. The average molecular weight is 441 g/mol. The van der Waals surface area contributed by atoms with Crippen molar-refractivity contribution in [1.82, 2.24) is 19.8 Å². The molecule has 8 heteroatoms. The Kier molecular flexibility index (Phi) is 6.80. The van der Waals surface area contributed by atoms with Crippen molar-refractivity contribution < 1.29 is 14.3 Å². The van der Waals surface area contributed by atoms with E-state index in [4.69, 9.17) is 9.47 Å². The molecule has 0 saturated carbocycles. The first-order chi connectivity index (χ1) is 15.1. The van der Waals surface area contributed by atoms with Crippen LogP contribution < -0.4 is 4.74 Å². The standard InChI is InChI=1S/C23H28N4O3S/c1-16-19-21(30-3)24-18(15-29-2)25-22(19)31-20(16)23(28)27-11-7-10-26(12-13-27)14-17-8-5-4-6-9-17/h4-6,8-9H,7,10-15H2,1-3H3. The van der Waals surface area contributed by atoms with Gasteiger partial charge in [0.25, 0.3) is 5.91 Å². The minimum Gasteiger partial charge on any atom is -0.480 e. The Morgan fingerprint density at radius 3 is 2.65 bits per heavy atom. The maximum atomic E-state index is 13.4. The molecule has 1 saturated heterocycles. The van der Waals surface area contributed by atoms with Crippen LogP contribution in [-0.4, -0.2) is 66.1 Å². The average Bonchev–Trinajstić information content (AvgIpc) is 2.95. The van der Waals surface area contributed by atoms with Crippen LogP contribution in [0.4, 0.5) is 0 Å². The van der Waals surface area contributed by atoms with Crippen LogP contribution in [0.5, 0.6) is 5.88 Å². The Bertz CT molecular complexity index is 1050. The number of amides is 1. The third-order valence-electron chi connectivity index (χ3n) is 5.59. The van der Waals surface area contributed by atoms with Crippen LogP contribution in [0.2, 0.25) is 0 Å². The van der Waals surface area contributed by atoms with Crippen molar-refractivity contribution in [3.8, 4) is 5.88 Å². The zero-order valence-electron chi connectivity index (χ0n) is 18.3. The van der Waals surface area contributed by atoms with Crippen LogP contribution in [0.25, 0.3) is 10.2 Å². The summed E-state index contributed by atoms with van der Waals surface area (Å²) in [6, 6.07) is 10.5. The van der Waals surface area contributed by atoms with Crippen LogP contribution in [0.1, 0.15) is 33.0 Å². The zero-order chi connectivity index (χ0) is 21.8. The molecule has 7 nitrogen and oxygen atoms in total. The van der Waals surface area contributed by atoms with E-state index in [1.54, 1.807) is 14.2 Å². The number of hydrogen-bond acceptors (Lipinski definition) is 7. The highest BCUT2D eigenvalue weighted by atomic mass is 32.1. The van der Waals surface area contributed by atoms with Gasteiger partial charge in [0.05, 0.1) is 17.4 Å². The predicted octanol–water partition coefficient (Wildman–Crippen LogP) is 3.50. The maximum absolute atomic E-state index is 13.4. The van der Waals surface area contributed by atoms with Crippen molar-refractivity contribution in [1.29, 1.82) is 0 Å². The Morgan fingerprint density at radius 2 is 1.90 bits per heavy atom. The lowest BCUT2D eigenvalue weighted by Crippen LogP contribution is -2.35. The van der Waals surface area contributed by atoms with Gasteiger partial charge in [-0.1, -0.05) is 30.3 Å². The number of nitrogens with zero attached hydrogens (tertiary/aromatic N) is 4. The lowest BCUT2D eigenvalue weighted by Gasteiger charge is -2.22. The molecule has 1 aliphatic heterocycles. The van der Waals surface area contributed by atoms with Crippen molar-refractivity contribution in [2.24, 2.45) is 0 Å². The van der Waals surface area contributed by atoms with Crippen LogP contribution in [0.15, 0.2) is 30.3 Å². The number of hydrogen-bond donors (Lipinski definition) is 0. The molecule has 0 bridgehead atoms. The highest BCUT2D eigenvalue weighted by Gasteiger charge is 2.26. The number of ether oxygens (including phenoxy) is 2. The molecule has 0 atom stereocenters. The molecule has 0 unspecified atom stereocenters. The van der Waals surface area contributed by atoms with E-state index in [1.165, 1.54) is 16.9 Å². The third kappa shape index (κ3) is 4.71. The molecule has 0 spiro atoms. The van der Waals surface area contributed by atoms with Crippen LogP contribution in [0.3, 0.4) is 0 Å². The highest BCUT2D eigenvalue weighted by molar-refractivity contribution is 7.20. The molecule has 0 N–H and O–H groups in total. The second kappa shape index (κ2) is 9.72. The Labute approximate surface area is 186 Å². The maximum Gasteiger partial charge on any atom is 0.264 e. The van der Waals surface area contributed by atoms with E-state index in [0.717, 1.165) is 54.9 Å². The zero-order valence-corrected chi connectivity index (χ0v) is 19.1. The van der Waals surface area contributed by atoms with Gasteiger partial charge in [-0.15, -0.1) is 11.3 Å². The summed E-state index contributed by atoms with van der Waals surface area (Å²) in [4.78, 5) is 28.3. The Morgan fingerprint density at radius 1 is 1.10 bits per heavy atom. The van der Waals surface area contributed by atoms with E-state index in [2.05, 4.69) is 39.1 Å². The highest BCUT2D eigenvalue weighted by Crippen LogP contribution is 2.35. The molecule has 1 fully saturated rings. The molecular weight excluding hydrogens is 412 g/mol. The second-order valence-corrected chi connectivity index (χ2v) is 8.73. The second-order valence-electron chi connectivity index (χ2n) is 7.73. The molecule has 164 valence electrons. The molecule has 0 radical (unpaired) electrons.